The minimum atomic E-state index is 0.683. The number of anilines is 1. The van der Waals surface area contributed by atoms with Crippen LogP contribution < -0.4 is 5.32 Å². The van der Waals surface area contributed by atoms with Gasteiger partial charge in [0.15, 0.2) is 0 Å². The Balaban J connectivity index is 2.02. The molecular formula is C12H15BrN4. The van der Waals surface area contributed by atoms with E-state index in [0.717, 1.165) is 29.0 Å². The highest BCUT2D eigenvalue weighted by atomic mass is 79.9. The van der Waals surface area contributed by atoms with Crippen molar-refractivity contribution >= 4 is 21.6 Å². The van der Waals surface area contributed by atoms with Crippen LogP contribution in [-0.4, -0.2) is 14.8 Å². The molecule has 5 heteroatoms. The summed E-state index contributed by atoms with van der Waals surface area (Å²) in [6.07, 6.45) is 2.66. The summed E-state index contributed by atoms with van der Waals surface area (Å²) < 4.78 is 2.99. The van der Waals surface area contributed by atoms with Gasteiger partial charge in [-0.2, -0.15) is 5.10 Å². The lowest BCUT2D eigenvalue weighted by molar-refractivity contribution is 0.574. The highest BCUT2D eigenvalue weighted by Gasteiger charge is 2.04. The predicted octanol–water partition coefficient (Wildman–Crippen LogP) is 3.06. The van der Waals surface area contributed by atoms with Gasteiger partial charge in [-0.1, -0.05) is 19.1 Å². The van der Waals surface area contributed by atoms with Crippen LogP contribution in [0.2, 0.25) is 0 Å². The zero-order valence-electron chi connectivity index (χ0n) is 9.73. The predicted molar refractivity (Wildman–Crippen MR) is 71.8 cm³/mol. The number of nitrogens with one attached hydrogen (secondary N) is 1. The van der Waals surface area contributed by atoms with Gasteiger partial charge in [0, 0.05) is 16.7 Å². The molecule has 0 aliphatic carbocycles. The largest absolute Gasteiger partial charge is 0.377 e. The summed E-state index contributed by atoms with van der Waals surface area (Å²) in [6, 6.07) is 8.04. The minimum absolute atomic E-state index is 0.683. The molecule has 90 valence electrons. The van der Waals surface area contributed by atoms with Crippen LogP contribution in [-0.2, 0) is 13.1 Å². The van der Waals surface area contributed by atoms with Crippen molar-refractivity contribution in [3.8, 4) is 0 Å². The Kier molecular flexibility index (Phi) is 4.14. The fourth-order valence-corrected chi connectivity index (χ4v) is 2.03. The fraction of sp³-hybridized carbons (Fsp3) is 0.333. The molecule has 2 aromatic rings. The molecule has 0 bridgehead atoms. The second kappa shape index (κ2) is 5.82. The van der Waals surface area contributed by atoms with Crippen LogP contribution in [0.25, 0.3) is 0 Å². The van der Waals surface area contributed by atoms with Crippen molar-refractivity contribution in [1.29, 1.82) is 0 Å². The molecule has 0 spiro atoms. The van der Waals surface area contributed by atoms with Crippen molar-refractivity contribution in [2.75, 3.05) is 5.32 Å². The summed E-state index contributed by atoms with van der Waals surface area (Å²) in [5.74, 6) is 0.961. The average Bonchev–Trinajstić information content (AvgIpc) is 2.76. The number of halogens is 1. The molecule has 1 N–H and O–H groups in total. The van der Waals surface area contributed by atoms with Gasteiger partial charge < -0.3 is 5.32 Å². The Bertz CT molecular complexity index is 481. The van der Waals surface area contributed by atoms with Crippen LogP contribution in [0.1, 0.15) is 19.2 Å². The first-order chi connectivity index (χ1) is 8.31. The van der Waals surface area contributed by atoms with E-state index in [-0.39, 0.29) is 0 Å². The lowest BCUT2D eigenvalue weighted by Gasteiger charge is -2.08. The molecule has 0 fully saturated rings. The van der Waals surface area contributed by atoms with Crippen LogP contribution in [0.5, 0.6) is 0 Å². The summed E-state index contributed by atoms with van der Waals surface area (Å²) in [7, 11) is 0. The van der Waals surface area contributed by atoms with Crippen molar-refractivity contribution in [3.05, 3.63) is 40.9 Å². The van der Waals surface area contributed by atoms with Crippen LogP contribution >= 0.6 is 15.9 Å². The van der Waals surface area contributed by atoms with Crippen LogP contribution in [0.3, 0.4) is 0 Å². The fourth-order valence-electron chi connectivity index (χ4n) is 1.60. The Morgan fingerprint density at radius 2 is 2.18 bits per heavy atom. The standard InChI is InChI=1S/C12H15BrN4/c1-2-7-17-12(15-9-16-17)8-14-11-6-4-3-5-10(11)13/h3-6,9,14H,2,7-8H2,1H3. The molecule has 1 aromatic heterocycles. The highest BCUT2D eigenvalue weighted by molar-refractivity contribution is 9.10. The summed E-state index contributed by atoms with van der Waals surface area (Å²) in [6.45, 7) is 3.72. The van der Waals surface area contributed by atoms with Crippen LogP contribution in [0, 0.1) is 0 Å². The normalized spacial score (nSPS) is 10.5. The van der Waals surface area contributed by atoms with E-state index < -0.39 is 0 Å². The number of hydrogen-bond donors (Lipinski definition) is 1. The molecule has 0 aliphatic heterocycles. The SMILES string of the molecule is CCCn1ncnc1CNc1ccccc1Br. The number of aryl methyl sites for hydroxylation is 1. The van der Waals surface area contributed by atoms with Gasteiger partial charge >= 0.3 is 0 Å². The van der Waals surface area contributed by atoms with Crippen molar-refractivity contribution in [2.45, 2.75) is 26.4 Å². The molecule has 17 heavy (non-hydrogen) atoms. The minimum Gasteiger partial charge on any atom is -0.377 e. The topological polar surface area (TPSA) is 42.7 Å². The smallest absolute Gasteiger partial charge is 0.146 e. The van der Waals surface area contributed by atoms with Crippen molar-refractivity contribution in [1.82, 2.24) is 14.8 Å². The van der Waals surface area contributed by atoms with E-state index in [0.29, 0.717) is 6.54 Å². The Labute approximate surface area is 109 Å². The molecule has 0 aliphatic rings. The highest BCUT2D eigenvalue weighted by Crippen LogP contribution is 2.21. The summed E-state index contributed by atoms with van der Waals surface area (Å²) in [4.78, 5) is 4.25. The number of nitrogens with zero attached hydrogens (tertiary/aromatic N) is 3. The van der Waals surface area contributed by atoms with Gasteiger partial charge in [-0.15, -0.1) is 0 Å². The lowest BCUT2D eigenvalue weighted by Crippen LogP contribution is -2.10. The second-order valence-corrected chi connectivity index (χ2v) is 4.59. The zero-order valence-corrected chi connectivity index (χ0v) is 11.3. The van der Waals surface area contributed by atoms with Crippen molar-refractivity contribution in [3.63, 3.8) is 0 Å². The third-order valence-electron chi connectivity index (χ3n) is 2.44. The average molecular weight is 295 g/mol. The molecule has 0 saturated carbocycles. The summed E-state index contributed by atoms with van der Waals surface area (Å²) >= 11 is 3.50. The van der Waals surface area contributed by atoms with E-state index in [1.165, 1.54) is 0 Å². The van der Waals surface area contributed by atoms with Crippen molar-refractivity contribution < 1.29 is 0 Å². The molecule has 0 radical (unpaired) electrons. The van der Waals surface area contributed by atoms with E-state index >= 15 is 0 Å². The van der Waals surface area contributed by atoms with E-state index in [1.807, 2.05) is 28.9 Å². The first-order valence-electron chi connectivity index (χ1n) is 5.66. The Hall–Kier alpha value is -1.36. The zero-order chi connectivity index (χ0) is 12.1. The molecule has 1 heterocycles. The van der Waals surface area contributed by atoms with Gasteiger partial charge in [-0.25, -0.2) is 9.67 Å². The number of benzene rings is 1. The maximum atomic E-state index is 4.25. The summed E-state index contributed by atoms with van der Waals surface area (Å²) in [5, 5.41) is 7.54. The van der Waals surface area contributed by atoms with Gasteiger partial charge in [0.05, 0.1) is 6.54 Å². The second-order valence-electron chi connectivity index (χ2n) is 3.73. The molecule has 0 unspecified atom stereocenters. The number of para-hydroxylation sites is 1. The van der Waals surface area contributed by atoms with E-state index in [2.05, 4.69) is 38.3 Å². The molecule has 0 amide bonds. The Morgan fingerprint density at radius 1 is 1.35 bits per heavy atom. The maximum absolute atomic E-state index is 4.25. The maximum Gasteiger partial charge on any atom is 0.146 e. The lowest BCUT2D eigenvalue weighted by atomic mass is 10.3. The van der Waals surface area contributed by atoms with Gasteiger partial charge in [-0.05, 0) is 34.5 Å². The van der Waals surface area contributed by atoms with E-state index in [1.54, 1.807) is 6.33 Å². The first-order valence-corrected chi connectivity index (χ1v) is 6.45. The number of aromatic nitrogens is 3. The summed E-state index contributed by atoms with van der Waals surface area (Å²) in [5.41, 5.74) is 1.07. The molecule has 2 rings (SSSR count). The molecule has 1 aromatic carbocycles. The number of rotatable bonds is 5. The molecule has 0 saturated heterocycles. The number of hydrogen-bond acceptors (Lipinski definition) is 3. The monoisotopic (exact) mass is 294 g/mol. The quantitative estimate of drug-likeness (QED) is 0.922. The third-order valence-corrected chi connectivity index (χ3v) is 3.13. The van der Waals surface area contributed by atoms with Gasteiger partial charge in [0.2, 0.25) is 0 Å². The molecule has 0 atom stereocenters. The first kappa shape index (κ1) is 12.1. The van der Waals surface area contributed by atoms with Crippen LogP contribution in [0.15, 0.2) is 35.1 Å². The molecule has 4 nitrogen and oxygen atoms in total. The van der Waals surface area contributed by atoms with Gasteiger partial charge in [0.1, 0.15) is 12.2 Å². The molecular weight excluding hydrogens is 280 g/mol. The van der Waals surface area contributed by atoms with Crippen molar-refractivity contribution in [2.24, 2.45) is 0 Å². The van der Waals surface area contributed by atoms with Gasteiger partial charge in [0.25, 0.3) is 0 Å². The third kappa shape index (κ3) is 3.06. The Morgan fingerprint density at radius 3 is 2.94 bits per heavy atom. The van der Waals surface area contributed by atoms with E-state index in [9.17, 15) is 0 Å². The van der Waals surface area contributed by atoms with Crippen LogP contribution in [0.4, 0.5) is 5.69 Å². The van der Waals surface area contributed by atoms with E-state index in [4.69, 9.17) is 0 Å². The van der Waals surface area contributed by atoms with Gasteiger partial charge in [-0.3, -0.25) is 0 Å².